The minimum atomic E-state index is -0.215. The number of benzene rings is 2. The van der Waals surface area contributed by atoms with Gasteiger partial charge >= 0.3 is 0 Å². The van der Waals surface area contributed by atoms with E-state index >= 15 is 0 Å². The van der Waals surface area contributed by atoms with Gasteiger partial charge in [-0.1, -0.05) is 43.2 Å². The lowest BCUT2D eigenvalue weighted by Crippen LogP contribution is -2.45. The predicted molar refractivity (Wildman–Crippen MR) is 135 cm³/mol. The maximum atomic E-state index is 12.8. The van der Waals surface area contributed by atoms with Crippen molar-refractivity contribution in [2.45, 2.75) is 51.5 Å². The number of amides is 3. The molecule has 1 saturated heterocycles. The zero-order valence-corrected chi connectivity index (χ0v) is 20.2. The highest BCUT2D eigenvalue weighted by Gasteiger charge is 2.28. The third kappa shape index (κ3) is 7.31. The first-order chi connectivity index (χ1) is 17.1. The van der Waals surface area contributed by atoms with Gasteiger partial charge in [-0.2, -0.15) is 0 Å². The Morgan fingerprint density at radius 2 is 1.66 bits per heavy atom. The highest BCUT2D eigenvalue weighted by molar-refractivity contribution is 5.92. The second kappa shape index (κ2) is 12.4. The molecule has 186 valence electrons. The molecule has 1 unspecified atom stereocenters. The van der Waals surface area contributed by atoms with Crippen molar-refractivity contribution in [3.05, 3.63) is 60.2 Å². The summed E-state index contributed by atoms with van der Waals surface area (Å²) in [6, 6.07) is 17.1. The third-order valence-electron chi connectivity index (χ3n) is 6.86. The van der Waals surface area contributed by atoms with Gasteiger partial charge in [0.1, 0.15) is 5.75 Å². The highest BCUT2D eigenvalue weighted by Crippen LogP contribution is 2.26. The normalized spacial score (nSPS) is 18.2. The summed E-state index contributed by atoms with van der Waals surface area (Å²) in [7, 11) is 0. The zero-order chi connectivity index (χ0) is 24.5. The maximum Gasteiger partial charge on any atom is 0.227 e. The molecule has 1 aliphatic heterocycles. The monoisotopic (exact) mass is 477 g/mol. The molecule has 2 N–H and O–H groups in total. The number of para-hydroxylation sites is 1. The molecule has 0 radical (unpaired) electrons. The van der Waals surface area contributed by atoms with Crippen molar-refractivity contribution in [2.24, 2.45) is 11.8 Å². The van der Waals surface area contributed by atoms with E-state index in [9.17, 15) is 14.4 Å². The summed E-state index contributed by atoms with van der Waals surface area (Å²) in [5, 5.41) is 6.03. The van der Waals surface area contributed by atoms with Gasteiger partial charge in [0.05, 0.1) is 18.9 Å². The van der Waals surface area contributed by atoms with Crippen LogP contribution in [0.3, 0.4) is 0 Å². The molecule has 1 atom stereocenters. The van der Waals surface area contributed by atoms with Crippen LogP contribution >= 0.6 is 0 Å². The Bertz CT molecular complexity index is 1000. The molecule has 2 aromatic rings. The van der Waals surface area contributed by atoms with E-state index in [0.717, 1.165) is 55.5 Å². The summed E-state index contributed by atoms with van der Waals surface area (Å²) in [5.74, 6) is 0.712. The van der Waals surface area contributed by atoms with Gasteiger partial charge in [0, 0.05) is 31.2 Å². The number of hydrogen-bond donors (Lipinski definition) is 2. The molecular weight excluding hydrogens is 442 g/mol. The quantitative estimate of drug-likeness (QED) is 0.568. The van der Waals surface area contributed by atoms with Gasteiger partial charge in [-0.25, -0.2) is 0 Å². The largest absolute Gasteiger partial charge is 0.493 e. The Kier molecular flexibility index (Phi) is 8.76. The minimum Gasteiger partial charge on any atom is -0.493 e. The van der Waals surface area contributed by atoms with E-state index in [2.05, 4.69) is 10.6 Å². The second-order valence-electron chi connectivity index (χ2n) is 9.48. The lowest BCUT2D eigenvalue weighted by Gasteiger charge is -2.32. The van der Waals surface area contributed by atoms with E-state index in [0.29, 0.717) is 32.7 Å². The van der Waals surface area contributed by atoms with Crippen molar-refractivity contribution in [3.63, 3.8) is 0 Å². The molecule has 1 heterocycles. The van der Waals surface area contributed by atoms with E-state index in [1.54, 1.807) is 4.90 Å². The van der Waals surface area contributed by atoms with Crippen LogP contribution in [0.15, 0.2) is 54.6 Å². The lowest BCUT2D eigenvalue weighted by atomic mass is 9.96. The predicted octanol–water partition coefficient (Wildman–Crippen LogP) is 4.14. The number of anilines is 1. The molecule has 1 aliphatic carbocycles. The van der Waals surface area contributed by atoms with Crippen LogP contribution < -0.4 is 15.4 Å². The molecule has 35 heavy (non-hydrogen) atoms. The molecule has 1 saturated carbocycles. The average Bonchev–Trinajstić information content (AvgIpc) is 3.44. The van der Waals surface area contributed by atoms with Gasteiger partial charge in [0.15, 0.2) is 0 Å². The number of carbonyl (C=O) groups excluding carboxylic acids is 3. The number of nitrogens with one attached hydrogen (secondary N) is 2. The Morgan fingerprint density at radius 3 is 2.46 bits per heavy atom. The fourth-order valence-corrected chi connectivity index (χ4v) is 4.87. The van der Waals surface area contributed by atoms with Crippen molar-refractivity contribution >= 4 is 23.4 Å². The summed E-state index contributed by atoms with van der Waals surface area (Å²) in [5.41, 5.74) is 1.70. The first-order valence-electron chi connectivity index (χ1n) is 12.7. The number of hydrogen-bond acceptors (Lipinski definition) is 4. The fraction of sp³-hybridized carbons (Fsp3) is 0.464. The lowest BCUT2D eigenvalue weighted by molar-refractivity contribution is -0.136. The molecule has 7 nitrogen and oxygen atoms in total. The van der Waals surface area contributed by atoms with Crippen LogP contribution in [0.25, 0.3) is 0 Å². The molecular formula is C28H35N3O4. The maximum absolute atomic E-state index is 12.8. The number of piperidine rings is 1. The van der Waals surface area contributed by atoms with Crippen LogP contribution in [0.5, 0.6) is 5.75 Å². The van der Waals surface area contributed by atoms with Gasteiger partial charge in [0.25, 0.3) is 0 Å². The zero-order valence-electron chi connectivity index (χ0n) is 20.2. The molecule has 7 heteroatoms. The number of carbonyl (C=O) groups is 3. The summed E-state index contributed by atoms with van der Waals surface area (Å²) >= 11 is 0. The highest BCUT2D eigenvalue weighted by atomic mass is 16.5. The Hall–Kier alpha value is -3.35. The van der Waals surface area contributed by atoms with Crippen LogP contribution in [0.2, 0.25) is 0 Å². The number of rotatable bonds is 9. The van der Waals surface area contributed by atoms with E-state index in [1.165, 1.54) is 0 Å². The summed E-state index contributed by atoms with van der Waals surface area (Å²) in [4.78, 5) is 39.6. The Labute approximate surface area is 207 Å². The average molecular weight is 478 g/mol. The molecule has 3 amide bonds. The van der Waals surface area contributed by atoms with E-state index in [-0.39, 0.29) is 29.6 Å². The number of ether oxygens (including phenoxy) is 1. The fourth-order valence-electron chi connectivity index (χ4n) is 4.87. The van der Waals surface area contributed by atoms with Crippen molar-refractivity contribution in [1.82, 2.24) is 10.2 Å². The van der Waals surface area contributed by atoms with Crippen LogP contribution in [-0.2, 0) is 20.9 Å². The molecule has 0 aromatic heterocycles. The van der Waals surface area contributed by atoms with Gasteiger partial charge in [-0.05, 0) is 55.5 Å². The van der Waals surface area contributed by atoms with Gasteiger partial charge in [0.2, 0.25) is 17.7 Å². The van der Waals surface area contributed by atoms with Crippen molar-refractivity contribution in [2.75, 3.05) is 25.0 Å². The first kappa shape index (κ1) is 24.8. The summed E-state index contributed by atoms with van der Waals surface area (Å²) in [6.45, 7) is 1.83. The number of likely N-dealkylation sites (tertiary alicyclic amines) is 1. The standard InChI is InChI=1S/C28H35N3O4/c32-26(15-17-35-25-13-2-1-3-14-25)31-16-7-11-23(20-31)27(33)29-19-21-8-6-12-24(18-21)30-28(34)22-9-4-5-10-22/h1-3,6,8,12-14,18,22-23H,4-5,7,9-11,15-17,19-20H2,(H,29,33)(H,30,34). The van der Waals surface area contributed by atoms with Gasteiger partial charge < -0.3 is 20.3 Å². The van der Waals surface area contributed by atoms with Crippen LogP contribution in [0.1, 0.15) is 50.5 Å². The molecule has 4 rings (SSSR count). The minimum absolute atomic E-state index is 0.0177. The van der Waals surface area contributed by atoms with Crippen LogP contribution in [0, 0.1) is 11.8 Å². The van der Waals surface area contributed by atoms with E-state index < -0.39 is 0 Å². The van der Waals surface area contributed by atoms with Gasteiger partial charge in [-0.15, -0.1) is 0 Å². The smallest absolute Gasteiger partial charge is 0.227 e. The summed E-state index contributed by atoms with van der Waals surface area (Å²) in [6.07, 6.45) is 6.04. The van der Waals surface area contributed by atoms with E-state index in [4.69, 9.17) is 4.74 Å². The van der Waals surface area contributed by atoms with Gasteiger partial charge in [-0.3, -0.25) is 14.4 Å². The Balaban J connectivity index is 1.21. The number of nitrogens with zero attached hydrogens (tertiary/aromatic N) is 1. The Morgan fingerprint density at radius 1 is 0.886 bits per heavy atom. The molecule has 2 aromatic carbocycles. The van der Waals surface area contributed by atoms with Crippen molar-refractivity contribution in [3.8, 4) is 5.75 Å². The molecule has 2 aliphatic rings. The summed E-state index contributed by atoms with van der Waals surface area (Å²) < 4.78 is 5.64. The van der Waals surface area contributed by atoms with Crippen LogP contribution in [-0.4, -0.2) is 42.3 Å². The molecule has 0 spiro atoms. The van der Waals surface area contributed by atoms with Crippen molar-refractivity contribution < 1.29 is 19.1 Å². The van der Waals surface area contributed by atoms with Crippen molar-refractivity contribution in [1.29, 1.82) is 0 Å². The SMILES string of the molecule is O=C(NCc1cccc(NC(=O)C2CCCC2)c1)C1CCCN(C(=O)CCOc2ccccc2)C1. The van der Waals surface area contributed by atoms with Crippen LogP contribution in [0.4, 0.5) is 5.69 Å². The second-order valence-corrected chi connectivity index (χ2v) is 9.48. The third-order valence-corrected chi connectivity index (χ3v) is 6.86. The molecule has 0 bridgehead atoms. The topological polar surface area (TPSA) is 87.7 Å². The first-order valence-corrected chi connectivity index (χ1v) is 12.7. The molecule has 2 fully saturated rings. The van der Waals surface area contributed by atoms with E-state index in [1.807, 2.05) is 54.6 Å².